The van der Waals surface area contributed by atoms with Crippen molar-refractivity contribution >= 4 is 10.9 Å². The van der Waals surface area contributed by atoms with Crippen molar-refractivity contribution in [2.45, 2.75) is 6.42 Å². The quantitative estimate of drug-likeness (QED) is 0.520. The molecule has 1 aromatic heterocycles. The first kappa shape index (κ1) is 12.3. The molecule has 1 aliphatic rings. The second-order valence-electron chi connectivity index (χ2n) is 5.02. The van der Waals surface area contributed by atoms with Crippen molar-refractivity contribution in [2.24, 2.45) is 7.05 Å². The van der Waals surface area contributed by atoms with Gasteiger partial charge in [0.15, 0.2) is 5.75 Å². The van der Waals surface area contributed by atoms with Crippen molar-refractivity contribution in [1.82, 2.24) is 9.47 Å². The van der Waals surface area contributed by atoms with E-state index in [0.29, 0.717) is 5.75 Å². The van der Waals surface area contributed by atoms with E-state index in [9.17, 15) is 0 Å². The van der Waals surface area contributed by atoms with Crippen molar-refractivity contribution < 1.29 is 10.1 Å². The molecule has 1 N–H and O–H groups in total. The van der Waals surface area contributed by atoms with Crippen LogP contribution in [0, 0.1) is 0 Å². The van der Waals surface area contributed by atoms with Gasteiger partial charge in [-0.25, -0.2) is 5.26 Å². The SMILES string of the molecule is Cn1cc(CCN2CC=CC2)c2cc(OO)ccc21. The van der Waals surface area contributed by atoms with Crippen LogP contribution in [0.5, 0.6) is 5.75 Å². The van der Waals surface area contributed by atoms with Crippen molar-refractivity contribution in [2.75, 3.05) is 19.6 Å². The first-order valence-electron chi connectivity index (χ1n) is 6.54. The van der Waals surface area contributed by atoms with Crippen LogP contribution in [0.25, 0.3) is 10.9 Å². The Hall–Kier alpha value is -1.78. The molecule has 0 fully saturated rings. The Morgan fingerprint density at radius 1 is 1.26 bits per heavy atom. The number of hydrogen-bond donors (Lipinski definition) is 1. The molecule has 1 aromatic carbocycles. The zero-order valence-corrected chi connectivity index (χ0v) is 11.0. The van der Waals surface area contributed by atoms with Gasteiger partial charge in [0, 0.05) is 43.8 Å². The van der Waals surface area contributed by atoms with Gasteiger partial charge in [-0.2, -0.15) is 0 Å². The lowest BCUT2D eigenvalue weighted by atomic mass is 10.1. The third-order valence-corrected chi connectivity index (χ3v) is 3.74. The smallest absolute Gasteiger partial charge is 0.165 e. The molecule has 2 heterocycles. The molecular formula is C15H18N2O2. The molecule has 0 amide bonds. The summed E-state index contributed by atoms with van der Waals surface area (Å²) in [7, 11) is 2.04. The molecule has 3 rings (SSSR count). The van der Waals surface area contributed by atoms with E-state index in [0.717, 1.165) is 37.0 Å². The summed E-state index contributed by atoms with van der Waals surface area (Å²) in [6, 6.07) is 5.64. The highest BCUT2D eigenvalue weighted by Crippen LogP contribution is 2.25. The molecule has 0 unspecified atom stereocenters. The zero-order chi connectivity index (χ0) is 13.2. The minimum atomic E-state index is 0.489. The van der Waals surface area contributed by atoms with Crippen LogP contribution in [0.4, 0.5) is 0 Å². The third kappa shape index (κ3) is 2.37. The number of hydrogen-bond acceptors (Lipinski definition) is 3. The highest BCUT2D eigenvalue weighted by atomic mass is 17.1. The van der Waals surface area contributed by atoms with Crippen LogP contribution < -0.4 is 4.89 Å². The molecule has 0 spiro atoms. The maximum absolute atomic E-state index is 8.77. The number of fused-ring (bicyclic) bond motifs is 1. The van der Waals surface area contributed by atoms with E-state index < -0.39 is 0 Å². The van der Waals surface area contributed by atoms with Gasteiger partial charge in [-0.15, -0.1) is 0 Å². The number of nitrogens with zero attached hydrogens (tertiary/aromatic N) is 2. The van der Waals surface area contributed by atoms with E-state index in [4.69, 9.17) is 5.26 Å². The molecule has 0 aliphatic carbocycles. The van der Waals surface area contributed by atoms with Crippen LogP contribution >= 0.6 is 0 Å². The van der Waals surface area contributed by atoms with Crippen molar-refractivity contribution in [3.63, 3.8) is 0 Å². The predicted molar refractivity (Wildman–Crippen MR) is 75.5 cm³/mol. The van der Waals surface area contributed by atoms with Crippen LogP contribution in [0.3, 0.4) is 0 Å². The minimum absolute atomic E-state index is 0.489. The topological polar surface area (TPSA) is 37.6 Å². The van der Waals surface area contributed by atoms with Gasteiger partial charge in [-0.1, -0.05) is 12.2 Å². The van der Waals surface area contributed by atoms with Gasteiger partial charge >= 0.3 is 0 Å². The maximum Gasteiger partial charge on any atom is 0.165 e. The molecule has 2 aromatic rings. The van der Waals surface area contributed by atoms with E-state index in [1.54, 1.807) is 6.07 Å². The molecule has 0 bridgehead atoms. The van der Waals surface area contributed by atoms with E-state index in [2.05, 4.69) is 32.7 Å². The summed E-state index contributed by atoms with van der Waals surface area (Å²) in [4.78, 5) is 6.74. The lowest BCUT2D eigenvalue weighted by molar-refractivity contribution is -0.137. The first-order valence-corrected chi connectivity index (χ1v) is 6.54. The number of aryl methyl sites for hydroxylation is 1. The summed E-state index contributed by atoms with van der Waals surface area (Å²) in [6.07, 6.45) is 7.59. The van der Waals surface area contributed by atoms with Crippen molar-refractivity contribution in [3.05, 3.63) is 42.1 Å². The van der Waals surface area contributed by atoms with Crippen molar-refractivity contribution in [3.8, 4) is 5.75 Å². The molecule has 4 heteroatoms. The van der Waals surface area contributed by atoms with Gasteiger partial charge in [0.2, 0.25) is 0 Å². The van der Waals surface area contributed by atoms with E-state index >= 15 is 0 Å². The Balaban J connectivity index is 1.85. The maximum atomic E-state index is 8.77. The Labute approximate surface area is 112 Å². The van der Waals surface area contributed by atoms with Crippen LogP contribution in [0.15, 0.2) is 36.5 Å². The fourth-order valence-electron chi connectivity index (χ4n) is 2.69. The third-order valence-electron chi connectivity index (χ3n) is 3.74. The Morgan fingerprint density at radius 3 is 2.79 bits per heavy atom. The summed E-state index contributed by atoms with van der Waals surface area (Å²) >= 11 is 0. The predicted octanol–water partition coefficient (Wildman–Crippen LogP) is 2.44. The van der Waals surface area contributed by atoms with Crippen LogP contribution in [-0.4, -0.2) is 34.4 Å². The van der Waals surface area contributed by atoms with Gasteiger partial charge in [0.25, 0.3) is 0 Å². The summed E-state index contributed by atoms with van der Waals surface area (Å²) < 4.78 is 2.12. The molecule has 0 atom stereocenters. The summed E-state index contributed by atoms with van der Waals surface area (Å²) in [6.45, 7) is 3.15. The van der Waals surface area contributed by atoms with Crippen molar-refractivity contribution in [1.29, 1.82) is 0 Å². The van der Waals surface area contributed by atoms with Gasteiger partial charge < -0.3 is 9.45 Å². The first-order chi connectivity index (χ1) is 9.28. The average Bonchev–Trinajstić information content (AvgIpc) is 3.05. The fourth-order valence-corrected chi connectivity index (χ4v) is 2.69. The van der Waals surface area contributed by atoms with Gasteiger partial charge in [-0.05, 0) is 30.2 Å². The lowest BCUT2D eigenvalue weighted by Crippen LogP contribution is -2.22. The fraction of sp³-hybridized carbons (Fsp3) is 0.333. The molecular weight excluding hydrogens is 240 g/mol. The summed E-state index contributed by atoms with van der Waals surface area (Å²) in [5, 5.41) is 9.93. The molecule has 19 heavy (non-hydrogen) atoms. The van der Waals surface area contributed by atoms with E-state index in [-0.39, 0.29) is 0 Å². The molecule has 0 saturated carbocycles. The molecule has 100 valence electrons. The number of rotatable bonds is 4. The molecule has 0 saturated heterocycles. The van der Waals surface area contributed by atoms with E-state index in [1.807, 2.05) is 19.2 Å². The Bertz CT molecular complexity index is 608. The summed E-state index contributed by atoms with van der Waals surface area (Å²) in [5.74, 6) is 0.489. The van der Waals surface area contributed by atoms with Gasteiger partial charge in [0.05, 0.1) is 0 Å². The number of aromatic nitrogens is 1. The zero-order valence-electron chi connectivity index (χ0n) is 11.0. The highest BCUT2D eigenvalue weighted by molar-refractivity contribution is 5.85. The highest BCUT2D eigenvalue weighted by Gasteiger charge is 2.11. The molecule has 1 aliphatic heterocycles. The number of benzene rings is 1. The second kappa shape index (κ2) is 5.07. The second-order valence-corrected chi connectivity index (χ2v) is 5.02. The lowest BCUT2D eigenvalue weighted by Gasteiger charge is -2.13. The molecule has 0 radical (unpaired) electrons. The average molecular weight is 258 g/mol. The monoisotopic (exact) mass is 258 g/mol. The normalized spacial score (nSPS) is 15.5. The van der Waals surface area contributed by atoms with Crippen LogP contribution in [0.2, 0.25) is 0 Å². The largest absolute Gasteiger partial charge is 0.350 e. The Kier molecular flexibility index (Phi) is 3.27. The standard InChI is InChI=1S/C15H18N2O2/c1-16-11-12(6-9-17-7-2-3-8-17)14-10-13(19-18)4-5-15(14)16/h2-5,10-11,18H,6-9H2,1H3. The summed E-state index contributed by atoms with van der Waals surface area (Å²) in [5.41, 5.74) is 2.46. The van der Waals surface area contributed by atoms with Gasteiger partial charge in [-0.3, -0.25) is 4.90 Å². The minimum Gasteiger partial charge on any atom is -0.350 e. The van der Waals surface area contributed by atoms with E-state index in [1.165, 1.54) is 5.56 Å². The van der Waals surface area contributed by atoms with Crippen LogP contribution in [0.1, 0.15) is 5.56 Å². The van der Waals surface area contributed by atoms with Gasteiger partial charge in [0.1, 0.15) is 0 Å². The molecule has 4 nitrogen and oxygen atoms in total. The Morgan fingerprint density at radius 2 is 2.05 bits per heavy atom. The van der Waals surface area contributed by atoms with Crippen LogP contribution in [-0.2, 0) is 13.5 Å².